The first-order valence-corrected chi connectivity index (χ1v) is 10.9. The van der Waals surface area contributed by atoms with Crippen LogP contribution in [0.3, 0.4) is 0 Å². The lowest BCUT2D eigenvalue weighted by Crippen LogP contribution is -2.29. The molecule has 4 rings (SSSR count). The number of benzene rings is 3. The van der Waals surface area contributed by atoms with Crippen molar-refractivity contribution in [1.82, 2.24) is 5.32 Å². The van der Waals surface area contributed by atoms with E-state index in [2.05, 4.69) is 5.32 Å². The summed E-state index contributed by atoms with van der Waals surface area (Å²) in [5.41, 5.74) is 0.716. The van der Waals surface area contributed by atoms with Crippen LogP contribution in [0.25, 0.3) is 11.0 Å². The van der Waals surface area contributed by atoms with Crippen LogP contribution < -0.4 is 20.4 Å². The van der Waals surface area contributed by atoms with Crippen LogP contribution in [0.5, 0.6) is 11.5 Å². The Morgan fingerprint density at radius 3 is 2.47 bits per heavy atom. The van der Waals surface area contributed by atoms with E-state index in [9.17, 15) is 14.4 Å². The van der Waals surface area contributed by atoms with Gasteiger partial charge in [-0.05, 0) is 49.2 Å². The Bertz CT molecular complexity index is 1380. The molecule has 0 aliphatic rings. The number of nitrogens with one attached hydrogen (secondary N) is 1. The van der Waals surface area contributed by atoms with E-state index in [0.717, 1.165) is 5.56 Å². The first-order chi connectivity index (χ1) is 16.5. The summed E-state index contributed by atoms with van der Waals surface area (Å²) in [5, 5.41) is 3.27. The average Bonchev–Trinajstić information content (AvgIpc) is 2.84. The Labute approximate surface area is 195 Å². The van der Waals surface area contributed by atoms with E-state index in [4.69, 9.17) is 13.9 Å². The quantitative estimate of drug-likeness (QED) is 0.240. The fourth-order valence-electron chi connectivity index (χ4n) is 3.45. The van der Waals surface area contributed by atoms with Crippen molar-refractivity contribution in [1.29, 1.82) is 0 Å². The summed E-state index contributed by atoms with van der Waals surface area (Å²) in [6.07, 6.45) is 0.645. The summed E-state index contributed by atoms with van der Waals surface area (Å²) in [7, 11) is 0. The molecule has 7 nitrogen and oxygen atoms in total. The molecule has 0 aliphatic carbocycles. The van der Waals surface area contributed by atoms with E-state index in [1.54, 1.807) is 36.4 Å². The average molecular weight is 457 g/mol. The van der Waals surface area contributed by atoms with Gasteiger partial charge < -0.3 is 19.2 Å². The van der Waals surface area contributed by atoms with Gasteiger partial charge in [0.05, 0.1) is 6.61 Å². The smallest absolute Gasteiger partial charge is 0.349 e. The Morgan fingerprint density at radius 1 is 0.912 bits per heavy atom. The number of hydrogen-bond donors (Lipinski definition) is 1. The standard InChI is InChI=1S/C27H23NO6/c1-2-32-23-11-7-6-10-21(23)26(30)33-20-13-12-19-16-22(27(31)34-24(19)17-20)25(29)28-15-14-18-8-4-3-5-9-18/h3-13,16-17H,2,14-15H2,1H3,(H,28,29). The Morgan fingerprint density at radius 2 is 1.68 bits per heavy atom. The molecule has 34 heavy (non-hydrogen) atoms. The molecule has 0 saturated heterocycles. The van der Waals surface area contributed by atoms with Gasteiger partial charge in [-0.2, -0.15) is 0 Å². The molecule has 3 aromatic carbocycles. The molecular formula is C27H23NO6. The van der Waals surface area contributed by atoms with E-state index in [1.807, 2.05) is 37.3 Å². The van der Waals surface area contributed by atoms with E-state index in [1.165, 1.54) is 12.1 Å². The number of rotatable bonds is 8. The molecule has 4 aromatic rings. The summed E-state index contributed by atoms with van der Waals surface area (Å²) >= 11 is 0. The normalized spacial score (nSPS) is 10.6. The van der Waals surface area contributed by atoms with Gasteiger partial charge in [-0.25, -0.2) is 9.59 Å². The summed E-state index contributed by atoms with van der Waals surface area (Å²) in [5.74, 6) is -0.480. The highest BCUT2D eigenvalue weighted by Gasteiger charge is 2.17. The maximum absolute atomic E-state index is 12.6. The van der Waals surface area contributed by atoms with Gasteiger partial charge in [0.25, 0.3) is 5.91 Å². The molecule has 0 aliphatic heterocycles. The van der Waals surface area contributed by atoms with Crippen LogP contribution in [-0.4, -0.2) is 25.0 Å². The predicted molar refractivity (Wildman–Crippen MR) is 128 cm³/mol. The third-order valence-electron chi connectivity index (χ3n) is 5.11. The molecule has 1 aromatic heterocycles. The molecule has 0 fully saturated rings. The monoisotopic (exact) mass is 457 g/mol. The molecule has 0 spiro atoms. The van der Waals surface area contributed by atoms with Crippen LogP contribution in [0.1, 0.15) is 33.2 Å². The van der Waals surface area contributed by atoms with Crippen LogP contribution in [0.2, 0.25) is 0 Å². The number of ether oxygens (including phenoxy) is 2. The van der Waals surface area contributed by atoms with Crippen molar-refractivity contribution in [2.75, 3.05) is 13.2 Å². The summed E-state index contributed by atoms with van der Waals surface area (Å²) < 4.78 is 16.3. The van der Waals surface area contributed by atoms with Gasteiger partial charge in [0.2, 0.25) is 0 Å². The number of hydrogen-bond acceptors (Lipinski definition) is 6. The highest BCUT2D eigenvalue weighted by molar-refractivity contribution is 5.97. The van der Waals surface area contributed by atoms with Gasteiger partial charge >= 0.3 is 11.6 Å². The van der Waals surface area contributed by atoms with E-state index in [-0.39, 0.29) is 22.5 Å². The molecule has 1 heterocycles. The molecule has 172 valence electrons. The van der Waals surface area contributed by atoms with Gasteiger partial charge in [-0.15, -0.1) is 0 Å². The second-order valence-corrected chi connectivity index (χ2v) is 7.46. The highest BCUT2D eigenvalue weighted by Crippen LogP contribution is 2.24. The largest absolute Gasteiger partial charge is 0.493 e. The van der Waals surface area contributed by atoms with Crippen molar-refractivity contribution in [2.45, 2.75) is 13.3 Å². The van der Waals surface area contributed by atoms with Crippen molar-refractivity contribution >= 4 is 22.8 Å². The zero-order valence-corrected chi connectivity index (χ0v) is 18.6. The van der Waals surface area contributed by atoms with Crippen molar-refractivity contribution in [2.24, 2.45) is 0 Å². The lowest BCUT2D eigenvalue weighted by atomic mass is 10.1. The molecule has 0 atom stereocenters. The number of amides is 1. The minimum atomic E-state index is -0.769. The zero-order valence-electron chi connectivity index (χ0n) is 18.6. The molecule has 7 heteroatoms. The minimum absolute atomic E-state index is 0.0871. The molecule has 0 bridgehead atoms. The number of carbonyl (C=O) groups is 2. The lowest BCUT2D eigenvalue weighted by molar-refractivity contribution is 0.0730. The van der Waals surface area contributed by atoms with Crippen LogP contribution in [-0.2, 0) is 6.42 Å². The molecule has 0 radical (unpaired) electrons. The van der Waals surface area contributed by atoms with Crippen molar-refractivity contribution in [3.63, 3.8) is 0 Å². The topological polar surface area (TPSA) is 94.8 Å². The second-order valence-electron chi connectivity index (χ2n) is 7.46. The first-order valence-electron chi connectivity index (χ1n) is 10.9. The molecule has 1 N–H and O–H groups in total. The minimum Gasteiger partial charge on any atom is -0.493 e. The van der Waals surface area contributed by atoms with Gasteiger partial charge in [-0.3, -0.25) is 4.79 Å². The van der Waals surface area contributed by atoms with Crippen LogP contribution >= 0.6 is 0 Å². The number of esters is 1. The fourth-order valence-corrected chi connectivity index (χ4v) is 3.45. The number of carbonyl (C=O) groups excluding carboxylic acids is 2. The number of para-hydroxylation sites is 1. The summed E-state index contributed by atoms with van der Waals surface area (Å²) in [6.45, 7) is 2.62. The van der Waals surface area contributed by atoms with Crippen molar-refractivity contribution < 1.29 is 23.5 Å². The Kier molecular flexibility index (Phi) is 7.03. The second kappa shape index (κ2) is 10.5. The van der Waals surface area contributed by atoms with Gasteiger partial charge in [0.15, 0.2) is 0 Å². The number of fused-ring (bicyclic) bond motifs is 1. The van der Waals surface area contributed by atoms with E-state index in [0.29, 0.717) is 30.7 Å². The van der Waals surface area contributed by atoms with Gasteiger partial charge in [0.1, 0.15) is 28.2 Å². The molecule has 1 amide bonds. The molecular weight excluding hydrogens is 434 g/mol. The van der Waals surface area contributed by atoms with E-state index >= 15 is 0 Å². The third kappa shape index (κ3) is 5.32. The summed E-state index contributed by atoms with van der Waals surface area (Å²) in [6, 6.07) is 22.6. The van der Waals surface area contributed by atoms with E-state index < -0.39 is 17.5 Å². The van der Waals surface area contributed by atoms with Gasteiger partial charge in [0, 0.05) is 18.0 Å². The van der Waals surface area contributed by atoms with Crippen LogP contribution in [0.15, 0.2) is 88.1 Å². The third-order valence-corrected chi connectivity index (χ3v) is 5.11. The molecule has 0 unspecified atom stereocenters. The van der Waals surface area contributed by atoms with Gasteiger partial charge in [-0.1, -0.05) is 42.5 Å². The van der Waals surface area contributed by atoms with Crippen LogP contribution in [0, 0.1) is 0 Å². The van der Waals surface area contributed by atoms with Crippen molar-refractivity contribution in [3.05, 3.63) is 106 Å². The highest BCUT2D eigenvalue weighted by atomic mass is 16.5. The first kappa shape index (κ1) is 22.8. The molecule has 0 saturated carbocycles. The van der Waals surface area contributed by atoms with Crippen LogP contribution in [0.4, 0.5) is 0 Å². The maximum atomic E-state index is 12.6. The zero-order chi connectivity index (χ0) is 23.9. The Balaban J connectivity index is 1.47. The predicted octanol–water partition coefficient (Wildman–Crippen LogP) is 4.38. The Hall–Kier alpha value is -4.39. The SMILES string of the molecule is CCOc1ccccc1C(=O)Oc1ccc2cc(C(=O)NCCc3ccccc3)c(=O)oc2c1. The lowest BCUT2D eigenvalue weighted by Gasteiger charge is -2.10. The summed E-state index contributed by atoms with van der Waals surface area (Å²) in [4.78, 5) is 37.5. The fraction of sp³-hybridized carbons (Fsp3) is 0.148. The maximum Gasteiger partial charge on any atom is 0.349 e. The van der Waals surface area contributed by atoms with Crippen molar-refractivity contribution in [3.8, 4) is 11.5 Å².